The Balaban J connectivity index is 2.02. The SMILES string of the molecule is CN(CCC=C1c2ccccc2COc2ccccc21)N=O. The lowest BCUT2D eigenvalue weighted by atomic mass is 9.93. The van der Waals surface area contributed by atoms with Crippen molar-refractivity contribution in [2.24, 2.45) is 5.29 Å². The number of ether oxygens (including phenoxy) is 1. The molecule has 1 heterocycles. The molecule has 3 rings (SSSR count). The van der Waals surface area contributed by atoms with E-state index in [1.807, 2.05) is 30.3 Å². The summed E-state index contributed by atoms with van der Waals surface area (Å²) in [4.78, 5) is 10.5. The highest BCUT2D eigenvalue weighted by atomic mass is 16.5. The topological polar surface area (TPSA) is 41.9 Å². The van der Waals surface area contributed by atoms with Crippen molar-refractivity contribution >= 4 is 5.57 Å². The monoisotopic (exact) mass is 294 g/mol. The zero-order valence-electron chi connectivity index (χ0n) is 12.5. The van der Waals surface area contributed by atoms with Crippen LogP contribution in [0, 0.1) is 4.91 Å². The second-order valence-electron chi connectivity index (χ2n) is 5.31. The van der Waals surface area contributed by atoms with E-state index in [1.165, 1.54) is 16.1 Å². The fourth-order valence-electron chi connectivity index (χ4n) is 2.68. The fraction of sp³-hybridized carbons (Fsp3) is 0.222. The van der Waals surface area contributed by atoms with E-state index in [1.54, 1.807) is 7.05 Å². The molecule has 0 amide bonds. The van der Waals surface area contributed by atoms with Gasteiger partial charge in [-0.05, 0) is 29.2 Å². The minimum absolute atomic E-state index is 0.570. The third kappa shape index (κ3) is 2.86. The van der Waals surface area contributed by atoms with E-state index in [-0.39, 0.29) is 0 Å². The van der Waals surface area contributed by atoms with Gasteiger partial charge < -0.3 is 4.74 Å². The summed E-state index contributed by atoms with van der Waals surface area (Å²) in [5.41, 5.74) is 4.61. The number of para-hydroxylation sites is 1. The van der Waals surface area contributed by atoms with Crippen LogP contribution in [0.5, 0.6) is 5.75 Å². The van der Waals surface area contributed by atoms with Gasteiger partial charge in [-0.1, -0.05) is 48.5 Å². The van der Waals surface area contributed by atoms with E-state index in [2.05, 4.69) is 29.6 Å². The number of hydrogen-bond donors (Lipinski definition) is 0. The first-order chi connectivity index (χ1) is 10.8. The number of fused-ring (bicyclic) bond motifs is 2. The van der Waals surface area contributed by atoms with E-state index in [0.717, 1.165) is 23.3 Å². The van der Waals surface area contributed by atoms with Gasteiger partial charge in [0.25, 0.3) is 0 Å². The van der Waals surface area contributed by atoms with Gasteiger partial charge in [-0.2, -0.15) is 0 Å². The van der Waals surface area contributed by atoms with Gasteiger partial charge in [-0.25, -0.2) is 0 Å². The Kier molecular flexibility index (Phi) is 4.19. The average molecular weight is 294 g/mol. The minimum atomic E-state index is 0.570. The van der Waals surface area contributed by atoms with Crippen LogP contribution in [0.25, 0.3) is 5.57 Å². The molecule has 0 spiro atoms. The van der Waals surface area contributed by atoms with Crippen LogP contribution in [-0.2, 0) is 6.61 Å². The lowest BCUT2D eigenvalue weighted by Crippen LogP contribution is -2.10. The van der Waals surface area contributed by atoms with E-state index in [4.69, 9.17) is 4.74 Å². The van der Waals surface area contributed by atoms with Crippen LogP contribution in [0.2, 0.25) is 0 Å². The van der Waals surface area contributed by atoms with Crippen molar-refractivity contribution in [1.29, 1.82) is 0 Å². The number of rotatable bonds is 4. The summed E-state index contributed by atoms with van der Waals surface area (Å²) in [6, 6.07) is 16.3. The Bertz CT molecular complexity index is 660. The molecular formula is C18H18N2O2. The van der Waals surface area contributed by atoms with Crippen LogP contribution < -0.4 is 4.74 Å². The predicted octanol–water partition coefficient (Wildman–Crippen LogP) is 4.01. The van der Waals surface area contributed by atoms with Gasteiger partial charge in [0.05, 0.1) is 5.29 Å². The highest BCUT2D eigenvalue weighted by Gasteiger charge is 2.18. The third-order valence-electron chi connectivity index (χ3n) is 3.81. The summed E-state index contributed by atoms with van der Waals surface area (Å²) in [6.07, 6.45) is 2.91. The van der Waals surface area contributed by atoms with Crippen molar-refractivity contribution in [3.05, 3.63) is 76.2 Å². The van der Waals surface area contributed by atoms with E-state index < -0.39 is 0 Å². The summed E-state index contributed by atoms with van der Waals surface area (Å²) in [7, 11) is 1.68. The molecule has 0 aromatic heterocycles. The molecule has 1 aliphatic heterocycles. The van der Waals surface area contributed by atoms with Gasteiger partial charge in [0.2, 0.25) is 0 Å². The Morgan fingerprint density at radius 3 is 2.68 bits per heavy atom. The molecule has 0 saturated carbocycles. The lowest BCUT2D eigenvalue weighted by Gasteiger charge is -2.11. The lowest BCUT2D eigenvalue weighted by molar-refractivity contribution is 0.307. The molecule has 0 saturated heterocycles. The van der Waals surface area contributed by atoms with Crippen molar-refractivity contribution < 1.29 is 4.74 Å². The molecule has 0 fully saturated rings. The number of nitrogens with zero attached hydrogens (tertiary/aromatic N) is 2. The maximum Gasteiger partial charge on any atom is 0.127 e. The molecule has 0 unspecified atom stereocenters. The van der Waals surface area contributed by atoms with Crippen molar-refractivity contribution in [3.63, 3.8) is 0 Å². The summed E-state index contributed by atoms with van der Waals surface area (Å²) in [6.45, 7) is 1.17. The van der Waals surface area contributed by atoms with Crippen molar-refractivity contribution in [2.45, 2.75) is 13.0 Å². The number of hydrogen-bond acceptors (Lipinski definition) is 3. The Labute approximate surface area is 130 Å². The molecular weight excluding hydrogens is 276 g/mol. The van der Waals surface area contributed by atoms with Crippen LogP contribution in [-0.4, -0.2) is 18.6 Å². The second kappa shape index (κ2) is 6.43. The van der Waals surface area contributed by atoms with E-state index in [0.29, 0.717) is 13.2 Å². The van der Waals surface area contributed by atoms with Crippen LogP contribution >= 0.6 is 0 Å². The number of nitroso groups, excluding NO2 is 1. The first-order valence-electron chi connectivity index (χ1n) is 7.34. The highest BCUT2D eigenvalue weighted by Crippen LogP contribution is 2.36. The second-order valence-corrected chi connectivity index (χ2v) is 5.31. The van der Waals surface area contributed by atoms with Crippen LogP contribution in [0.4, 0.5) is 0 Å². The van der Waals surface area contributed by atoms with Crippen molar-refractivity contribution in [3.8, 4) is 5.75 Å². The maximum absolute atomic E-state index is 10.5. The average Bonchev–Trinajstić information content (AvgIpc) is 2.72. The van der Waals surface area contributed by atoms with Crippen molar-refractivity contribution in [2.75, 3.05) is 13.6 Å². The minimum Gasteiger partial charge on any atom is -0.488 e. The van der Waals surface area contributed by atoms with Gasteiger partial charge in [0.15, 0.2) is 0 Å². The largest absolute Gasteiger partial charge is 0.488 e. The van der Waals surface area contributed by atoms with Gasteiger partial charge in [-0.15, -0.1) is 4.91 Å². The Morgan fingerprint density at radius 2 is 1.86 bits per heavy atom. The Morgan fingerprint density at radius 1 is 1.14 bits per heavy atom. The molecule has 2 aromatic carbocycles. The van der Waals surface area contributed by atoms with Gasteiger partial charge in [-0.3, -0.25) is 5.01 Å². The van der Waals surface area contributed by atoms with Crippen LogP contribution in [0.3, 0.4) is 0 Å². The number of benzene rings is 2. The fourth-order valence-corrected chi connectivity index (χ4v) is 2.68. The normalized spacial score (nSPS) is 14.5. The molecule has 0 aliphatic carbocycles. The maximum atomic E-state index is 10.5. The zero-order valence-corrected chi connectivity index (χ0v) is 12.5. The molecule has 4 nitrogen and oxygen atoms in total. The van der Waals surface area contributed by atoms with Crippen LogP contribution in [0.15, 0.2) is 59.9 Å². The molecule has 0 bridgehead atoms. The summed E-state index contributed by atoms with van der Waals surface area (Å²) in [5.74, 6) is 0.895. The molecule has 22 heavy (non-hydrogen) atoms. The predicted molar refractivity (Wildman–Crippen MR) is 87.3 cm³/mol. The summed E-state index contributed by atoms with van der Waals surface area (Å²) >= 11 is 0. The van der Waals surface area contributed by atoms with Crippen molar-refractivity contribution in [1.82, 2.24) is 5.01 Å². The van der Waals surface area contributed by atoms with Gasteiger partial charge in [0.1, 0.15) is 12.4 Å². The highest BCUT2D eigenvalue weighted by molar-refractivity contribution is 5.84. The first kappa shape index (κ1) is 14.3. The molecule has 4 heteroatoms. The third-order valence-corrected chi connectivity index (χ3v) is 3.81. The summed E-state index contributed by atoms with van der Waals surface area (Å²) < 4.78 is 5.93. The molecule has 1 aliphatic rings. The smallest absolute Gasteiger partial charge is 0.127 e. The molecule has 0 radical (unpaired) electrons. The summed E-state index contributed by atoms with van der Waals surface area (Å²) in [5, 5.41) is 4.31. The quantitative estimate of drug-likeness (QED) is 0.632. The van der Waals surface area contributed by atoms with E-state index in [9.17, 15) is 4.91 Å². The molecule has 2 aromatic rings. The molecule has 0 N–H and O–H groups in total. The standard InChI is InChI=1S/C18H18N2O2/c1-20(19-21)12-6-10-16-15-8-3-2-7-14(15)13-22-18-11-5-4-9-17(16)18/h2-5,7-11H,6,12-13H2,1H3. The molecule has 112 valence electrons. The Hall–Kier alpha value is -2.62. The zero-order chi connectivity index (χ0) is 15.4. The van der Waals surface area contributed by atoms with Gasteiger partial charge in [0, 0.05) is 19.2 Å². The molecule has 0 atom stereocenters. The van der Waals surface area contributed by atoms with Crippen LogP contribution in [0.1, 0.15) is 23.1 Å². The van der Waals surface area contributed by atoms with E-state index >= 15 is 0 Å². The van der Waals surface area contributed by atoms with Gasteiger partial charge >= 0.3 is 0 Å². The first-order valence-corrected chi connectivity index (χ1v) is 7.34.